The molecule has 0 aliphatic heterocycles. The van der Waals surface area contributed by atoms with Crippen LogP contribution in [0.5, 0.6) is 0 Å². The second kappa shape index (κ2) is 5.99. The van der Waals surface area contributed by atoms with Crippen LogP contribution < -0.4 is 5.32 Å². The third-order valence-electron chi connectivity index (χ3n) is 3.15. The minimum absolute atomic E-state index is 0.429. The zero-order chi connectivity index (χ0) is 11.4. The predicted molar refractivity (Wildman–Crippen MR) is 70.2 cm³/mol. The summed E-state index contributed by atoms with van der Waals surface area (Å²) in [5.74, 6) is 0.816. The Morgan fingerprint density at radius 1 is 1.44 bits per heavy atom. The van der Waals surface area contributed by atoms with Crippen molar-refractivity contribution in [2.45, 2.75) is 44.5 Å². The molecule has 1 aromatic heterocycles. The first-order valence-corrected chi connectivity index (χ1v) is 7.31. The van der Waals surface area contributed by atoms with Crippen molar-refractivity contribution in [3.63, 3.8) is 0 Å². The quantitative estimate of drug-likeness (QED) is 0.838. The summed E-state index contributed by atoms with van der Waals surface area (Å²) in [6.45, 7) is 4.07. The highest BCUT2D eigenvalue weighted by Crippen LogP contribution is 2.27. The van der Waals surface area contributed by atoms with E-state index < -0.39 is 0 Å². The summed E-state index contributed by atoms with van der Waals surface area (Å²) >= 11 is 7.83. The molecule has 0 unspecified atom stereocenters. The van der Waals surface area contributed by atoms with E-state index in [-0.39, 0.29) is 0 Å². The van der Waals surface area contributed by atoms with Crippen molar-refractivity contribution in [1.29, 1.82) is 0 Å². The number of aryl methyl sites for hydroxylation is 1. The number of hydrogen-bond acceptors (Lipinski definition) is 3. The topological polar surface area (TPSA) is 24.9 Å². The molecule has 0 bridgehead atoms. The maximum absolute atomic E-state index is 6.09. The smallest absolute Gasteiger partial charge is 0.107 e. The van der Waals surface area contributed by atoms with Crippen LogP contribution in [0.15, 0.2) is 5.38 Å². The van der Waals surface area contributed by atoms with Gasteiger partial charge in [-0.15, -0.1) is 22.9 Å². The standard InChI is InChI=1S/C12H19ClN2S/c1-9-8-16-12(15-9)7-14-6-10-2-4-11(13)5-3-10/h8,10-11,14H,2-7H2,1H3. The Balaban J connectivity index is 1.64. The van der Waals surface area contributed by atoms with Crippen molar-refractivity contribution in [1.82, 2.24) is 10.3 Å². The molecule has 16 heavy (non-hydrogen) atoms. The number of nitrogens with zero attached hydrogens (tertiary/aromatic N) is 1. The van der Waals surface area contributed by atoms with Crippen LogP contribution in [0.1, 0.15) is 36.4 Å². The van der Waals surface area contributed by atoms with E-state index in [1.54, 1.807) is 11.3 Å². The molecule has 1 fully saturated rings. The van der Waals surface area contributed by atoms with Crippen LogP contribution in [-0.2, 0) is 6.54 Å². The number of alkyl halides is 1. The molecule has 1 aliphatic rings. The minimum atomic E-state index is 0.429. The highest BCUT2D eigenvalue weighted by Gasteiger charge is 2.18. The summed E-state index contributed by atoms with van der Waals surface area (Å²) in [6.07, 6.45) is 4.92. The molecule has 2 nitrogen and oxygen atoms in total. The fourth-order valence-electron chi connectivity index (χ4n) is 2.19. The van der Waals surface area contributed by atoms with Gasteiger partial charge < -0.3 is 5.32 Å². The van der Waals surface area contributed by atoms with Gasteiger partial charge in [0.25, 0.3) is 0 Å². The Bertz CT molecular complexity index is 319. The first-order chi connectivity index (χ1) is 7.74. The van der Waals surface area contributed by atoms with Gasteiger partial charge in [0.05, 0.1) is 0 Å². The molecule has 0 aromatic carbocycles. The van der Waals surface area contributed by atoms with Crippen LogP contribution in [0.3, 0.4) is 0 Å². The van der Waals surface area contributed by atoms with Crippen LogP contribution in [-0.4, -0.2) is 16.9 Å². The first kappa shape index (κ1) is 12.3. The highest BCUT2D eigenvalue weighted by atomic mass is 35.5. The molecule has 0 atom stereocenters. The van der Waals surface area contributed by atoms with E-state index >= 15 is 0 Å². The zero-order valence-corrected chi connectivity index (χ0v) is 11.3. The van der Waals surface area contributed by atoms with Crippen LogP contribution in [0, 0.1) is 12.8 Å². The Kier molecular flexibility index (Phi) is 4.62. The molecule has 1 aliphatic carbocycles. The predicted octanol–water partition coefficient (Wildman–Crippen LogP) is 3.34. The van der Waals surface area contributed by atoms with E-state index in [1.807, 2.05) is 6.92 Å². The van der Waals surface area contributed by atoms with Gasteiger partial charge in [-0.25, -0.2) is 4.98 Å². The Labute approximate surface area is 106 Å². The molecule has 0 radical (unpaired) electrons. The maximum atomic E-state index is 6.09. The molecule has 0 spiro atoms. The van der Waals surface area contributed by atoms with Gasteiger partial charge in [0.2, 0.25) is 0 Å². The van der Waals surface area contributed by atoms with Crippen molar-refractivity contribution >= 4 is 22.9 Å². The van der Waals surface area contributed by atoms with Crippen molar-refractivity contribution in [2.75, 3.05) is 6.54 Å². The lowest BCUT2D eigenvalue weighted by atomic mass is 9.89. The van der Waals surface area contributed by atoms with Gasteiger partial charge >= 0.3 is 0 Å². The fourth-order valence-corrected chi connectivity index (χ4v) is 3.19. The molecule has 2 rings (SSSR count). The van der Waals surface area contributed by atoms with Crippen LogP contribution >= 0.6 is 22.9 Å². The van der Waals surface area contributed by atoms with Crippen LogP contribution in [0.25, 0.3) is 0 Å². The molecule has 1 heterocycles. The normalized spacial score (nSPS) is 25.9. The van der Waals surface area contributed by atoms with Crippen molar-refractivity contribution < 1.29 is 0 Å². The number of hydrogen-bond donors (Lipinski definition) is 1. The van der Waals surface area contributed by atoms with E-state index in [0.717, 1.165) is 24.7 Å². The van der Waals surface area contributed by atoms with Gasteiger partial charge in [-0.3, -0.25) is 0 Å². The summed E-state index contributed by atoms with van der Waals surface area (Å²) in [7, 11) is 0. The summed E-state index contributed by atoms with van der Waals surface area (Å²) < 4.78 is 0. The molecule has 0 amide bonds. The summed E-state index contributed by atoms with van der Waals surface area (Å²) in [6, 6.07) is 0. The molecule has 90 valence electrons. The number of halogens is 1. The average molecular weight is 259 g/mol. The molecular formula is C12H19ClN2S. The molecule has 0 saturated heterocycles. The van der Waals surface area contributed by atoms with Crippen molar-refractivity contribution in [3.8, 4) is 0 Å². The Morgan fingerprint density at radius 2 is 2.19 bits per heavy atom. The van der Waals surface area contributed by atoms with Gasteiger partial charge in [-0.1, -0.05) is 0 Å². The lowest BCUT2D eigenvalue weighted by Crippen LogP contribution is -2.26. The lowest BCUT2D eigenvalue weighted by Gasteiger charge is -2.24. The van der Waals surface area contributed by atoms with Gasteiger partial charge in [0, 0.05) is 23.0 Å². The largest absolute Gasteiger partial charge is 0.310 e. The molecule has 4 heteroatoms. The van der Waals surface area contributed by atoms with Crippen LogP contribution in [0.2, 0.25) is 0 Å². The maximum Gasteiger partial charge on any atom is 0.107 e. The monoisotopic (exact) mass is 258 g/mol. The van der Waals surface area contributed by atoms with E-state index in [4.69, 9.17) is 11.6 Å². The van der Waals surface area contributed by atoms with Gasteiger partial charge in [0.1, 0.15) is 5.01 Å². The van der Waals surface area contributed by atoms with Gasteiger partial charge in [-0.05, 0) is 45.1 Å². The molecule has 1 saturated carbocycles. The van der Waals surface area contributed by atoms with E-state index in [0.29, 0.717) is 5.38 Å². The first-order valence-electron chi connectivity index (χ1n) is 6.00. The number of thiazole rings is 1. The van der Waals surface area contributed by atoms with Crippen LogP contribution in [0.4, 0.5) is 0 Å². The van der Waals surface area contributed by atoms with Crippen molar-refractivity contribution in [2.24, 2.45) is 5.92 Å². The third kappa shape index (κ3) is 3.72. The number of nitrogens with one attached hydrogen (secondary N) is 1. The van der Waals surface area contributed by atoms with E-state index in [1.165, 1.54) is 30.7 Å². The van der Waals surface area contributed by atoms with Crippen molar-refractivity contribution in [3.05, 3.63) is 16.1 Å². The molecular weight excluding hydrogens is 240 g/mol. The average Bonchev–Trinajstić information content (AvgIpc) is 2.67. The number of aromatic nitrogens is 1. The summed E-state index contributed by atoms with van der Waals surface area (Å²) in [5, 5.41) is 7.24. The fraction of sp³-hybridized carbons (Fsp3) is 0.750. The SMILES string of the molecule is Cc1csc(CNCC2CCC(Cl)CC2)n1. The molecule has 1 aromatic rings. The summed E-state index contributed by atoms with van der Waals surface area (Å²) in [4.78, 5) is 4.44. The minimum Gasteiger partial charge on any atom is -0.310 e. The molecule has 1 N–H and O–H groups in total. The Hall–Kier alpha value is -0.120. The number of rotatable bonds is 4. The van der Waals surface area contributed by atoms with E-state index in [2.05, 4.69) is 15.7 Å². The second-order valence-electron chi connectivity index (χ2n) is 4.63. The van der Waals surface area contributed by atoms with E-state index in [9.17, 15) is 0 Å². The van der Waals surface area contributed by atoms with Gasteiger partial charge in [-0.2, -0.15) is 0 Å². The van der Waals surface area contributed by atoms with Gasteiger partial charge in [0.15, 0.2) is 0 Å². The zero-order valence-electron chi connectivity index (χ0n) is 9.71. The highest BCUT2D eigenvalue weighted by molar-refractivity contribution is 7.09. The Morgan fingerprint density at radius 3 is 2.81 bits per heavy atom. The lowest BCUT2D eigenvalue weighted by molar-refractivity contribution is 0.345. The third-order valence-corrected chi connectivity index (χ3v) is 4.56. The second-order valence-corrected chi connectivity index (χ2v) is 6.19. The summed E-state index contributed by atoms with van der Waals surface area (Å²) in [5.41, 5.74) is 1.13.